The predicted octanol–water partition coefficient (Wildman–Crippen LogP) is 8.03. The summed E-state index contributed by atoms with van der Waals surface area (Å²) in [5, 5.41) is 0. The van der Waals surface area contributed by atoms with Crippen LogP contribution in [0.1, 0.15) is 55.2 Å². The number of rotatable bonds is 37. The fourth-order valence-electron chi connectivity index (χ4n) is 7.02. The summed E-state index contributed by atoms with van der Waals surface area (Å²) in [5.74, 6) is 6.52. The summed E-state index contributed by atoms with van der Waals surface area (Å²) in [6.45, 7) is 13.7. The molecule has 1 fully saturated rings. The van der Waals surface area contributed by atoms with Crippen molar-refractivity contribution in [2.75, 3.05) is 121 Å². The Kier molecular flexibility index (Phi) is 29.4. The molecule has 0 aromatic carbocycles. The third-order valence-corrected chi connectivity index (χ3v) is 17.9. The Morgan fingerprint density at radius 2 is 1.09 bits per heavy atom. The van der Waals surface area contributed by atoms with Crippen molar-refractivity contribution >= 4 is 79.0 Å². The molecule has 65 heavy (non-hydrogen) atoms. The third-order valence-electron chi connectivity index (χ3n) is 10.2. The third kappa shape index (κ3) is 23.5. The van der Waals surface area contributed by atoms with Crippen LogP contribution in [0.25, 0.3) is 29.3 Å². The Labute approximate surface area is 434 Å². The molecule has 2 atom stereocenters. The average Bonchev–Trinajstić information content (AvgIpc) is 4.12. The second-order valence-corrected chi connectivity index (χ2v) is 24.2. The molecule has 4 heterocycles. The summed E-state index contributed by atoms with van der Waals surface area (Å²) < 4.78 is 78.5. The quantitative estimate of drug-likeness (QED) is 0.0246. The Morgan fingerprint density at radius 3 is 1.66 bits per heavy atom. The van der Waals surface area contributed by atoms with E-state index in [1.807, 2.05) is 11.8 Å². The van der Waals surface area contributed by atoms with Crippen LogP contribution in [0.3, 0.4) is 0 Å². The van der Waals surface area contributed by atoms with Gasteiger partial charge in [-0.25, -0.2) is 8.42 Å². The molecule has 19 heteroatoms. The van der Waals surface area contributed by atoms with E-state index in [-0.39, 0.29) is 41.1 Å². The van der Waals surface area contributed by atoms with Gasteiger partial charge in [0, 0.05) is 58.3 Å². The molecule has 0 N–H and O–H groups in total. The van der Waals surface area contributed by atoms with Crippen molar-refractivity contribution in [3.63, 3.8) is 0 Å². The van der Waals surface area contributed by atoms with Crippen molar-refractivity contribution in [1.82, 2.24) is 0 Å². The molecule has 0 spiro atoms. The van der Waals surface area contributed by atoms with Gasteiger partial charge < -0.3 is 42.4 Å². The van der Waals surface area contributed by atoms with Gasteiger partial charge in [0.2, 0.25) is 0 Å². The fourth-order valence-corrected chi connectivity index (χ4v) is 13.8. The van der Waals surface area contributed by atoms with Crippen molar-refractivity contribution < 1.29 is 80.4 Å². The summed E-state index contributed by atoms with van der Waals surface area (Å²) >= 11 is 10.4. The zero-order valence-electron chi connectivity index (χ0n) is 38.6. The minimum Gasteiger partial charge on any atom is -0.748 e. The Bertz CT molecular complexity index is 1960. The SMILES string of the molecule is Cc1ccc(-c2sc(-c3ccc(-c4sc(C)cc4OCCOCCOCCOCCSCCS(=O)(=O)[O-])s3)cc2OCCOCCOCCOCCSCCCCC2CCC(C)C2)s1.[Na+]. The molecule has 11 nitrogen and oxygen atoms in total. The maximum atomic E-state index is 10.6. The van der Waals surface area contributed by atoms with Gasteiger partial charge in [-0.3, -0.25) is 0 Å². The topological polar surface area (TPSA) is 131 Å². The van der Waals surface area contributed by atoms with Crippen LogP contribution < -0.4 is 39.0 Å². The predicted molar refractivity (Wildman–Crippen MR) is 269 cm³/mol. The van der Waals surface area contributed by atoms with Crippen molar-refractivity contribution in [3.05, 3.63) is 46.2 Å². The molecule has 0 radical (unpaired) electrons. The van der Waals surface area contributed by atoms with Gasteiger partial charge in [0.1, 0.15) is 24.7 Å². The summed E-state index contributed by atoms with van der Waals surface area (Å²) in [4.78, 5) is 9.39. The fraction of sp³-hybridized carbons (Fsp3) is 0.652. The zero-order chi connectivity index (χ0) is 45.2. The van der Waals surface area contributed by atoms with Crippen molar-refractivity contribution in [2.24, 2.45) is 11.8 Å². The molecule has 0 bridgehead atoms. The summed E-state index contributed by atoms with van der Waals surface area (Å²) in [6.07, 6.45) is 8.45. The normalized spacial score (nSPS) is 15.2. The Balaban J connectivity index is 0.00000925. The van der Waals surface area contributed by atoms with Gasteiger partial charge in [0.25, 0.3) is 0 Å². The molecule has 2 unspecified atom stereocenters. The van der Waals surface area contributed by atoms with Crippen LogP contribution in [-0.2, 0) is 38.5 Å². The molecule has 0 amide bonds. The molecule has 1 aliphatic rings. The Hall–Kier alpha value is -0.230. The maximum absolute atomic E-state index is 10.6. The minimum atomic E-state index is -4.15. The van der Waals surface area contributed by atoms with E-state index < -0.39 is 10.1 Å². The Morgan fingerprint density at radius 1 is 0.569 bits per heavy atom. The molecular formula is C46H67NaO11S7. The van der Waals surface area contributed by atoms with E-state index in [1.54, 1.807) is 45.3 Å². The minimum absolute atomic E-state index is 0. The number of aryl methyl sites for hydroxylation is 2. The van der Waals surface area contributed by atoms with E-state index >= 15 is 0 Å². The van der Waals surface area contributed by atoms with Gasteiger partial charge in [-0.15, -0.1) is 45.3 Å². The van der Waals surface area contributed by atoms with Gasteiger partial charge in [-0.1, -0.05) is 32.6 Å². The molecule has 4 aromatic heterocycles. The summed E-state index contributed by atoms with van der Waals surface area (Å²) in [7, 11) is -4.15. The van der Waals surface area contributed by atoms with Crippen LogP contribution >= 0.6 is 68.9 Å². The van der Waals surface area contributed by atoms with Gasteiger partial charge in [-0.2, -0.15) is 23.5 Å². The second-order valence-electron chi connectivity index (χ2n) is 15.6. The van der Waals surface area contributed by atoms with Crippen LogP contribution in [0, 0.1) is 25.7 Å². The number of hydrogen-bond donors (Lipinski definition) is 0. The van der Waals surface area contributed by atoms with E-state index in [4.69, 9.17) is 37.9 Å². The first kappa shape index (κ1) is 57.3. The molecule has 1 aliphatic carbocycles. The molecule has 0 saturated heterocycles. The largest absolute Gasteiger partial charge is 1.00 e. The van der Waals surface area contributed by atoms with Crippen LogP contribution in [0.2, 0.25) is 0 Å². The number of ether oxygens (including phenoxy) is 8. The van der Waals surface area contributed by atoms with Gasteiger partial charge >= 0.3 is 29.6 Å². The van der Waals surface area contributed by atoms with Gasteiger partial charge in [-0.05, 0) is 74.6 Å². The molecule has 0 aliphatic heterocycles. The van der Waals surface area contributed by atoms with Crippen LogP contribution in [0.15, 0.2) is 36.4 Å². The molecule has 4 aromatic rings. The average molecular weight is 1040 g/mol. The number of thioether (sulfide) groups is 2. The summed E-state index contributed by atoms with van der Waals surface area (Å²) in [6, 6.07) is 12.9. The molecule has 360 valence electrons. The first-order valence-corrected chi connectivity index (χ1v) is 29.5. The standard InChI is InChI=1S/C46H68O11S7.Na/c1-35-7-9-38(32-35)6-4-5-27-58-28-25-54-19-17-50-14-16-53-22-24-57-40-34-44(63-46(40)42-10-8-36(2)60-42)41-11-12-43(62-41)45-39(33-37(3)61-45)56-23-21-52-15-13-51-18-20-55-26-29-59-30-31-64(47,48)49;/h8,10-12,33-35,38H,4-7,9,13-32H2,1-3H3,(H,47,48,49);/q;+1/p-1. The van der Waals surface area contributed by atoms with E-state index in [1.165, 1.54) is 75.5 Å². The smallest absolute Gasteiger partial charge is 0.748 e. The number of unbranched alkanes of at least 4 members (excludes halogenated alkanes) is 1. The van der Waals surface area contributed by atoms with Gasteiger partial charge in [0.05, 0.1) is 99.2 Å². The van der Waals surface area contributed by atoms with Crippen molar-refractivity contribution in [2.45, 2.75) is 59.3 Å². The van der Waals surface area contributed by atoms with E-state index in [9.17, 15) is 13.0 Å². The number of thiophene rings is 4. The van der Waals surface area contributed by atoms with E-state index in [0.717, 1.165) is 55.2 Å². The first-order chi connectivity index (χ1) is 31.1. The summed E-state index contributed by atoms with van der Waals surface area (Å²) in [5.41, 5.74) is 0. The van der Waals surface area contributed by atoms with Crippen LogP contribution in [0.5, 0.6) is 11.5 Å². The second kappa shape index (κ2) is 33.4. The zero-order valence-corrected chi connectivity index (χ0v) is 46.4. The first-order valence-electron chi connectivity index (χ1n) is 22.4. The maximum Gasteiger partial charge on any atom is 1.00 e. The number of hydrogen-bond acceptors (Lipinski definition) is 17. The van der Waals surface area contributed by atoms with Crippen LogP contribution in [0.4, 0.5) is 0 Å². The van der Waals surface area contributed by atoms with Crippen molar-refractivity contribution in [3.8, 4) is 40.8 Å². The molecule has 1 saturated carbocycles. The monoisotopic (exact) mass is 1040 g/mol. The molecule has 5 rings (SSSR count). The van der Waals surface area contributed by atoms with Crippen LogP contribution in [-0.4, -0.2) is 134 Å². The molecular weight excluding hydrogens is 976 g/mol. The van der Waals surface area contributed by atoms with E-state index in [0.29, 0.717) is 91.6 Å². The van der Waals surface area contributed by atoms with E-state index in [2.05, 4.69) is 57.2 Å². The van der Waals surface area contributed by atoms with Gasteiger partial charge in [0.15, 0.2) is 0 Å². The van der Waals surface area contributed by atoms with Crippen molar-refractivity contribution in [1.29, 1.82) is 0 Å².